The molecule has 2 aromatic heterocycles. The maximum atomic E-state index is 13.9. The van der Waals surface area contributed by atoms with E-state index in [4.69, 9.17) is 25.3 Å². The van der Waals surface area contributed by atoms with E-state index in [1.54, 1.807) is 31.2 Å². The van der Waals surface area contributed by atoms with Crippen molar-refractivity contribution in [1.82, 2.24) is 20.1 Å². The molecule has 2 atom stereocenters. The van der Waals surface area contributed by atoms with E-state index in [1.807, 2.05) is 16.9 Å². The highest BCUT2D eigenvalue weighted by Crippen LogP contribution is 2.48. The predicted octanol–water partition coefficient (Wildman–Crippen LogP) is 5.06. The van der Waals surface area contributed by atoms with Crippen molar-refractivity contribution in [2.45, 2.75) is 81.5 Å². The van der Waals surface area contributed by atoms with Gasteiger partial charge in [-0.1, -0.05) is 12.8 Å². The summed E-state index contributed by atoms with van der Waals surface area (Å²) in [6.07, 6.45) is 9.58. The fourth-order valence-electron chi connectivity index (χ4n) is 7.01. The summed E-state index contributed by atoms with van der Waals surface area (Å²) in [5, 5.41) is 21.2. The average molecular weight is 640 g/mol. The van der Waals surface area contributed by atoms with Crippen LogP contribution in [0.5, 0.6) is 11.5 Å². The molecular weight excluding hydrogens is 601 g/mol. The van der Waals surface area contributed by atoms with E-state index in [0.29, 0.717) is 45.6 Å². The van der Waals surface area contributed by atoms with Gasteiger partial charge in [0.15, 0.2) is 0 Å². The molecule has 3 fully saturated rings. The van der Waals surface area contributed by atoms with Gasteiger partial charge in [0.05, 0.1) is 24.4 Å². The lowest BCUT2D eigenvalue weighted by molar-refractivity contribution is -0.123. The minimum atomic E-state index is -1.58. The van der Waals surface area contributed by atoms with Crippen LogP contribution in [0.1, 0.15) is 85.9 Å². The molecule has 3 heterocycles. The number of hydrogen-bond acceptors (Lipinski definition) is 7. The Bertz CT molecular complexity index is 1900. The lowest BCUT2D eigenvalue weighted by Gasteiger charge is -2.35. The number of carbonyl (C=O) groups is 2. The van der Waals surface area contributed by atoms with Gasteiger partial charge in [-0.3, -0.25) is 14.3 Å². The van der Waals surface area contributed by atoms with Crippen LogP contribution in [0, 0.1) is 11.7 Å². The highest BCUT2D eigenvalue weighted by atomic mass is 19.1. The number of aromatic nitrogens is 3. The molecule has 10 nitrogen and oxygen atoms in total. The molecule has 2 amide bonds. The van der Waals surface area contributed by atoms with Crippen molar-refractivity contribution >= 4 is 22.7 Å². The van der Waals surface area contributed by atoms with E-state index in [2.05, 4.69) is 5.32 Å². The Morgan fingerprint density at radius 3 is 2.55 bits per heavy atom. The van der Waals surface area contributed by atoms with Gasteiger partial charge >= 0.3 is 0 Å². The lowest BCUT2D eigenvalue weighted by Crippen LogP contribution is -2.46. The molecule has 4 N–H and O–H groups in total. The number of benzene rings is 2. The molecule has 0 radical (unpaired) electrons. The molecule has 3 aliphatic carbocycles. The van der Waals surface area contributed by atoms with Crippen LogP contribution in [0.3, 0.4) is 0 Å². The van der Waals surface area contributed by atoms with Gasteiger partial charge in [-0.2, -0.15) is 5.10 Å². The fourth-order valence-corrected chi connectivity index (χ4v) is 7.01. The lowest BCUT2D eigenvalue weighted by atomic mass is 9.78. The second kappa shape index (κ2) is 11.0. The number of primary amides is 1. The molecule has 2 aromatic carbocycles. The highest BCUT2D eigenvalue weighted by Gasteiger charge is 2.48. The number of hydrogen-bond donors (Lipinski definition) is 3. The van der Waals surface area contributed by atoms with Crippen molar-refractivity contribution in [2.24, 2.45) is 11.7 Å². The van der Waals surface area contributed by atoms with Crippen LogP contribution in [-0.2, 0) is 15.8 Å². The molecule has 3 saturated carbocycles. The summed E-state index contributed by atoms with van der Waals surface area (Å²) in [5.74, 6) is -0.560. The summed E-state index contributed by atoms with van der Waals surface area (Å²) in [5.41, 5.74) is 6.07. The Labute approximate surface area is 271 Å². The summed E-state index contributed by atoms with van der Waals surface area (Å²) in [7, 11) is 0. The molecule has 8 rings (SSSR count). The number of halogens is 1. The van der Waals surface area contributed by atoms with Gasteiger partial charge in [0.25, 0.3) is 5.91 Å². The first-order chi connectivity index (χ1) is 22.6. The number of nitrogens with one attached hydrogen (secondary N) is 1. The third-order valence-corrected chi connectivity index (χ3v) is 10.3. The third-order valence-electron chi connectivity index (χ3n) is 10.3. The number of amides is 2. The fraction of sp³-hybridized carbons (Fsp3) is 0.444. The van der Waals surface area contributed by atoms with E-state index < -0.39 is 22.7 Å². The number of nitrogens with zero attached hydrogens (tertiary/aromatic N) is 3. The van der Waals surface area contributed by atoms with E-state index >= 15 is 0 Å². The van der Waals surface area contributed by atoms with Gasteiger partial charge in [0, 0.05) is 28.3 Å². The van der Waals surface area contributed by atoms with Crippen LogP contribution < -0.4 is 20.5 Å². The Morgan fingerprint density at radius 2 is 1.87 bits per heavy atom. The Balaban J connectivity index is 1.17. The van der Waals surface area contributed by atoms with Gasteiger partial charge in [0.2, 0.25) is 5.91 Å². The van der Waals surface area contributed by atoms with Crippen molar-refractivity contribution in [3.8, 4) is 22.8 Å². The Kier molecular flexibility index (Phi) is 7.02. The number of pyridine rings is 1. The SMILES string of the molecule is C[C@]1(C(N)=O)COc2c1cc(C(O)(CNC(=O)c1cc(OC3CC3)c3nn(C4CC4)cc3c1)C1CCCC1)nc2-c1ccc(F)cc1. The standard InChI is InChI=1S/C36H38FN5O5/c1-35(34(38)44)19-46-32-27(35)16-29(40-31(32)20-6-8-24(37)9-7-20)36(45,23-4-2-3-5-23)18-39-33(43)21-14-22-17-42(25-10-11-25)41-30(22)28(15-21)47-26-12-13-26/h6-9,14-17,23,25-26,45H,2-5,10-13,18-19H2,1H3,(H2,38,44)(H,39,43)/t35-,36?/m0/s1. The van der Waals surface area contributed by atoms with Gasteiger partial charge < -0.3 is 25.6 Å². The molecular formula is C36H38FN5O5. The summed E-state index contributed by atoms with van der Waals surface area (Å²) in [6.45, 7) is 1.61. The summed E-state index contributed by atoms with van der Waals surface area (Å²) >= 11 is 0. The van der Waals surface area contributed by atoms with Crippen LogP contribution in [0.25, 0.3) is 22.2 Å². The summed E-state index contributed by atoms with van der Waals surface area (Å²) in [6, 6.07) is 11.5. The quantitative estimate of drug-likeness (QED) is 0.220. The van der Waals surface area contributed by atoms with Crippen molar-refractivity contribution in [1.29, 1.82) is 0 Å². The predicted molar refractivity (Wildman–Crippen MR) is 172 cm³/mol. The molecule has 1 unspecified atom stereocenters. The van der Waals surface area contributed by atoms with Crippen molar-refractivity contribution in [2.75, 3.05) is 13.2 Å². The number of carbonyl (C=O) groups excluding carboxylic acids is 2. The largest absolute Gasteiger partial charge is 0.489 e. The van der Waals surface area contributed by atoms with Crippen LogP contribution >= 0.6 is 0 Å². The van der Waals surface area contributed by atoms with Crippen molar-refractivity contribution in [3.63, 3.8) is 0 Å². The molecule has 1 aliphatic heterocycles. The van der Waals surface area contributed by atoms with Gasteiger partial charge in [-0.05, 0) is 93.8 Å². The molecule has 0 saturated heterocycles. The first-order valence-electron chi connectivity index (χ1n) is 16.6. The number of nitrogens with two attached hydrogens (primary N) is 1. The zero-order valence-electron chi connectivity index (χ0n) is 26.3. The van der Waals surface area contributed by atoms with Crippen LogP contribution in [0.4, 0.5) is 4.39 Å². The zero-order chi connectivity index (χ0) is 32.5. The van der Waals surface area contributed by atoms with Gasteiger partial charge in [-0.25, -0.2) is 9.37 Å². The molecule has 4 aromatic rings. The molecule has 47 heavy (non-hydrogen) atoms. The first-order valence-corrected chi connectivity index (χ1v) is 16.6. The minimum Gasteiger partial charge on any atom is -0.489 e. The topological polar surface area (TPSA) is 142 Å². The van der Waals surface area contributed by atoms with E-state index in [-0.39, 0.29) is 31.1 Å². The van der Waals surface area contributed by atoms with Crippen molar-refractivity contribution in [3.05, 3.63) is 71.3 Å². The number of fused-ring (bicyclic) bond motifs is 2. The Morgan fingerprint density at radius 1 is 1.13 bits per heavy atom. The molecule has 11 heteroatoms. The van der Waals surface area contributed by atoms with E-state index in [0.717, 1.165) is 62.3 Å². The monoisotopic (exact) mass is 639 g/mol. The van der Waals surface area contributed by atoms with Crippen LogP contribution in [-0.4, -0.2) is 50.9 Å². The van der Waals surface area contributed by atoms with Gasteiger partial charge in [0.1, 0.15) is 46.1 Å². The van der Waals surface area contributed by atoms with E-state index in [1.165, 1.54) is 12.1 Å². The highest BCUT2D eigenvalue weighted by molar-refractivity contribution is 6.00. The Hall–Kier alpha value is -4.51. The molecule has 0 spiro atoms. The third kappa shape index (κ3) is 5.30. The minimum absolute atomic E-state index is 0.0145. The van der Waals surface area contributed by atoms with E-state index in [9.17, 15) is 19.1 Å². The summed E-state index contributed by atoms with van der Waals surface area (Å²) < 4.78 is 28.1. The second-order valence-corrected chi connectivity index (χ2v) is 13.9. The number of aliphatic hydroxyl groups is 1. The maximum Gasteiger partial charge on any atom is 0.251 e. The normalized spacial score (nSPS) is 22.1. The number of ether oxygens (including phenoxy) is 2. The summed E-state index contributed by atoms with van der Waals surface area (Å²) in [4.78, 5) is 31.5. The average Bonchev–Trinajstić information content (AvgIpc) is 3.94. The first kappa shape index (κ1) is 29.9. The number of rotatable bonds is 10. The smallest absolute Gasteiger partial charge is 0.251 e. The molecule has 244 valence electrons. The molecule has 0 bridgehead atoms. The maximum absolute atomic E-state index is 13.9. The second-order valence-electron chi connectivity index (χ2n) is 13.9. The zero-order valence-corrected chi connectivity index (χ0v) is 26.3. The van der Waals surface area contributed by atoms with Gasteiger partial charge in [-0.15, -0.1) is 0 Å². The molecule has 4 aliphatic rings. The van der Waals surface area contributed by atoms with Crippen LogP contribution in [0.15, 0.2) is 48.7 Å². The van der Waals surface area contributed by atoms with Crippen LogP contribution in [0.2, 0.25) is 0 Å². The van der Waals surface area contributed by atoms with Crippen molar-refractivity contribution < 1.29 is 28.6 Å².